The molecule has 3 nitrogen and oxygen atoms in total. The van der Waals surface area contributed by atoms with Gasteiger partial charge in [0.25, 0.3) is 0 Å². The molecule has 0 bridgehead atoms. The van der Waals surface area contributed by atoms with Crippen LogP contribution in [-0.2, 0) is 0 Å². The maximum absolute atomic E-state index is 14.3. The molecule has 0 aromatic heterocycles. The van der Waals surface area contributed by atoms with E-state index in [2.05, 4.69) is 30.6 Å². The zero-order valence-electron chi connectivity index (χ0n) is 13.9. The van der Waals surface area contributed by atoms with Crippen LogP contribution in [0.2, 0.25) is 0 Å². The number of hydrogen-bond acceptors (Lipinski definition) is 3. The highest BCUT2D eigenvalue weighted by molar-refractivity contribution is 5.56. The highest BCUT2D eigenvalue weighted by atomic mass is 19.1. The zero-order valence-corrected chi connectivity index (χ0v) is 13.9. The standard InChI is InChI=1S/C17H30FN3/c1-5-20(6-2)12-9-13-21(7-3)17-15(14(4)19)10-8-11-16(17)18/h8,10-11,14H,5-7,9,12-13,19H2,1-4H3. The molecule has 0 saturated carbocycles. The van der Waals surface area contributed by atoms with E-state index in [0.29, 0.717) is 5.69 Å². The summed E-state index contributed by atoms with van der Waals surface area (Å²) in [6.07, 6.45) is 1.03. The van der Waals surface area contributed by atoms with Gasteiger partial charge in [0.2, 0.25) is 0 Å². The Kier molecular flexibility index (Phi) is 7.68. The minimum atomic E-state index is -0.172. The zero-order chi connectivity index (χ0) is 15.8. The summed E-state index contributed by atoms with van der Waals surface area (Å²) < 4.78 is 14.3. The number of hydrogen-bond donors (Lipinski definition) is 1. The molecule has 120 valence electrons. The molecule has 1 atom stereocenters. The third-order valence-corrected chi connectivity index (χ3v) is 4.00. The minimum absolute atomic E-state index is 0.160. The Balaban J connectivity index is 2.81. The second-order valence-corrected chi connectivity index (χ2v) is 5.43. The Morgan fingerprint density at radius 2 is 1.76 bits per heavy atom. The molecule has 0 radical (unpaired) electrons. The lowest BCUT2D eigenvalue weighted by Crippen LogP contribution is -2.31. The van der Waals surface area contributed by atoms with Crippen molar-refractivity contribution in [3.8, 4) is 0 Å². The van der Waals surface area contributed by atoms with Crippen molar-refractivity contribution in [1.29, 1.82) is 0 Å². The van der Waals surface area contributed by atoms with Gasteiger partial charge >= 0.3 is 0 Å². The Morgan fingerprint density at radius 1 is 1.10 bits per heavy atom. The lowest BCUT2D eigenvalue weighted by molar-refractivity contribution is 0.300. The first-order chi connectivity index (χ1) is 10.0. The van der Waals surface area contributed by atoms with Crippen LogP contribution in [0.1, 0.15) is 45.7 Å². The summed E-state index contributed by atoms with van der Waals surface area (Å²) in [6.45, 7) is 13.1. The smallest absolute Gasteiger partial charge is 0.146 e. The van der Waals surface area contributed by atoms with E-state index in [1.807, 2.05) is 13.0 Å². The van der Waals surface area contributed by atoms with Gasteiger partial charge in [-0.2, -0.15) is 0 Å². The highest BCUT2D eigenvalue weighted by Crippen LogP contribution is 2.28. The van der Waals surface area contributed by atoms with Crippen LogP contribution in [0, 0.1) is 5.82 Å². The molecule has 0 aliphatic heterocycles. The van der Waals surface area contributed by atoms with Gasteiger partial charge in [0.15, 0.2) is 0 Å². The average Bonchev–Trinajstić information content (AvgIpc) is 2.48. The van der Waals surface area contributed by atoms with E-state index in [0.717, 1.165) is 44.7 Å². The van der Waals surface area contributed by atoms with Crippen LogP contribution in [0.15, 0.2) is 18.2 Å². The second-order valence-electron chi connectivity index (χ2n) is 5.43. The first-order valence-corrected chi connectivity index (χ1v) is 8.06. The number of nitrogens with zero attached hydrogens (tertiary/aromatic N) is 2. The van der Waals surface area contributed by atoms with Crippen molar-refractivity contribution in [3.63, 3.8) is 0 Å². The molecule has 0 heterocycles. The van der Waals surface area contributed by atoms with Crippen molar-refractivity contribution in [1.82, 2.24) is 4.90 Å². The van der Waals surface area contributed by atoms with Crippen LogP contribution in [0.25, 0.3) is 0 Å². The van der Waals surface area contributed by atoms with Crippen LogP contribution in [0.5, 0.6) is 0 Å². The fourth-order valence-corrected chi connectivity index (χ4v) is 2.69. The predicted octanol–water partition coefficient (Wildman–Crippen LogP) is 3.40. The quantitative estimate of drug-likeness (QED) is 0.758. The van der Waals surface area contributed by atoms with E-state index in [1.54, 1.807) is 6.07 Å². The molecular formula is C17H30FN3. The third-order valence-electron chi connectivity index (χ3n) is 4.00. The monoisotopic (exact) mass is 295 g/mol. The molecule has 0 aliphatic rings. The van der Waals surface area contributed by atoms with E-state index >= 15 is 0 Å². The number of nitrogens with two attached hydrogens (primary N) is 1. The number of rotatable bonds is 9. The van der Waals surface area contributed by atoms with E-state index in [4.69, 9.17) is 5.73 Å². The topological polar surface area (TPSA) is 32.5 Å². The molecule has 21 heavy (non-hydrogen) atoms. The fourth-order valence-electron chi connectivity index (χ4n) is 2.69. The first kappa shape index (κ1) is 17.9. The number of para-hydroxylation sites is 1. The largest absolute Gasteiger partial charge is 0.369 e. The Morgan fingerprint density at radius 3 is 2.29 bits per heavy atom. The summed E-state index contributed by atoms with van der Waals surface area (Å²) in [5, 5.41) is 0. The molecule has 1 aromatic rings. The van der Waals surface area contributed by atoms with Gasteiger partial charge in [0.1, 0.15) is 5.82 Å². The SMILES string of the molecule is CCN(CC)CCCN(CC)c1c(F)cccc1C(C)N. The van der Waals surface area contributed by atoms with Crippen LogP contribution in [0.3, 0.4) is 0 Å². The summed E-state index contributed by atoms with van der Waals surface area (Å²) in [5.74, 6) is -0.172. The summed E-state index contributed by atoms with van der Waals surface area (Å²) in [4.78, 5) is 4.50. The molecule has 2 N–H and O–H groups in total. The van der Waals surface area contributed by atoms with Gasteiger partial charge in [-0.25, -0.2) is 4.39 Å². The lowest BCUT2D eigenvalue weighted by atomic mass is 10.0. The molecule has 0 amide bonds. The molecule has 1 unspecified atom stereocenters. The van der Waals surface area contributed by atoms with E-state index in [1.165, 1.54) is 6.07 Å². The van der Waals surface area contributed by atoms with Gasteiger partial charge in [-0.15, -0.1) is 0 Å². The maximum Gasteiger partial charge on any atom is 0.146 e. The second kappa shape index (κ2) is 9.00. The van der Waals surface area contributed by atoms with E-state index in [-0.39, 0.29) is 11.9 Å². The van der Waals surface area contributed by atoms with E-state index in [9.17, 15) is 4.39 Å². The van der Waals surface area contributed by atoms with Gasteiger partial charge < -0.3 is 15.5 Å². The van der Waals surface area contributed by atoms with Crippen molar-refractivity contribution < 1.29 is 4.39 Å². The maximum atomic E-state index is 14.3. The summed E-state index contributed by atoms with van der Waals surface area (Å²) in [7, 11) is 0. The molecular weight excluding hydrogens is 265 g/mol. The molecule has 1 rings (SSSR count). The Bertz CT molecular complexity index is 416. The normalized spacial score (nSPS) is 12.7. The molecule has 0 spiro atoms. The lowest BCUT2D eigenvalue weighted by Gasteiger charge is -2.28. The molecule has 0 aliphatic carbocycles. The molecule has 0 fully saturated rings. The Hall–Kier alpha value is -1.13. The van der Waals surface area contributed by atoms with Crippen molar-refractivity contribution in [2.24, 2.45) is 5.73 Å². The van der Waals surface area contributed by atoms with Crippen molar-refractivity contribution in [2.45, 2.75) is 40.2 Å². The predicted molar refractivity (Wildman–Crippen MR) is 89.3 cm³/mol. The first-order valence-electron chi connectivity index (χ1n) is 8.06. The molecule has 0 saturated heterocycles. The highest BCUT2D eigenvalue weighted by Gasteiger charge is 2.17. The summed E-state index contributed by atoms with van der Waals surface area (Å²) in [6, 6.07) is 5.03. The molecule has 4 heteroatoms. The van der Waals surface area contributed by atoms with Crippen LogP contribution < -0.4 is 10.6 Å². The van der Waals surface area contributed by atoms with Crippen molar-refractivity contribution in [3.05, 3.63) is 29.6 Å². The molecule has 1 aromatic carbocycles. The Labute approximate surface area is 128 Å². The van der Waals surface area contributed by atoms with E-state index < -0.39 is 0 Å². The number of halogens is 1. The summed E-state index contributed by atoms with van der Waals surface area (Å²) >= 11 is 0. The average molecular weight is 295 g/mol. The number of benzene rings is 1. The third kappa shape index (κ3) is 4.97. The van der Waals surface area contributed by atoms with Crippen LogP contribution in [-0.4, -0.2) is 37.6 Å². The summed E-state index contributed by atoms with van der Waals surface area (Å²) in [5.41, 5.74) is 7.56. The van der Waals surface area contributed by atoms with Crippen LogP contribution >= 0.6 is 0 Å². The number of anilines is 1. The van der Waals surface area contributed by atoms with Gasteiger partial charge in [0.05, 0.1) is 5.69 Å². The minimum Gasteiger partial charge on any atom is -0.369 e. The van der Waals surface area contributed by atoms with Crippen LogP contribution in [0.4, 0.5) is 10.1 Å². The van der Waals surface area contributed by atoms with Gasteiger partial charge in [0, 0.05) is 19.1 Å². The van der Waals surface area contributed by atoms with Gasteiger partial charge in [-0.1, -0.05) is 26.0 Å². The fraction of sp³-hybridized carbons (Fsp3) is 0.647. The van der Waals surface area contributed by atoms with Crippen molar-refractivity contribution in [2.75, 3.05) is 37.6 Å². The van der Waals surface area contributed by atoms with Gasteiger partial charge in [-0.05, 0) is 51.5 Å². The van der Waals surface area contributed by atoms with Gasteiger partial charge in [-0.3, -0.25) is 0 Å². The van der Waals surface area contributed by atoms with Crippen molar-refractivity contribution >= 4 is 5.69 Å².